The summed E-state index contributed by atoms with van der Waals surface area (Å²) in [6.45, 7) is 2.16. The number of fused-ring (bicyclic) bond motifs is 1. The number of furan rings is 1. The van der Waals surface area contributed by atoms with Gasteiger partial charge < -0.3 is 9.73 Å². The van der Waals surface area contributed by atoms with Crippen LogP contribution in [-0.4, -0.2) is 7.05 Å². The van der Waals surface area contributed by atoms with E-state index in [0.29, 0.717) is 0 Å². The predicted molar refractivity (Wildman–Crippen MR) is 83.7 cm³/mol. The average Bonchev–Trinajstić information content (AvgIpc) is 2.93. The minimum Gasteiger partial charge on any atom is -0.459 e. The van der Waals surface area contributed by atoms with E-state index in [0.717, 1.165) is 28.7 Å². The summed E-state index contributed by atoms with van der Waals surface area (Å²) in [5.41, 5.74) is 3.32. The van der Waals surface area contributed by atoms with Gasteiger partial charge in [0, 0.05) is 10.9 Å². The van der Waals surface area contributed by atoms with E-state index in [9.17, 15) is 0 Å². The molecule has 0 aliphatic heterocycles. The Morgan fingerprint density at radius 3 is 2.55 bits per heavy atom. The Kier molecular flexibility index (Phi) is 3.57. The molecule has 2 heteroatoms. The first-order valence-corrected chi connectivity index (χ1v) is 7.08. The predicted octanol–water partition coefficient (Wildman–Crippen LogP) is 4.77. The quantitative estimate of drug-likeness (QED) is 0.735. The largest absolute Gasteiger partial charge is 0.459 e. The molecule has 0 saturated heterocycles. The molecule has 2 aromatic carbocycles. The zero-order chi connectivity index (χ0) is 13.9. The molecule has 3 aromatic rings. The summed E-state index contributed by atoms with van der Waals surface area (Å²) in [6.07, 6.45) is 1.01. The lowest BCUT2D eigenvalue weighted by atomic mass is 10.0. The van der Waals surface area contributed by atoms with E-state index in [1.807, 2.05) is 13.1 Å². The van der Waals surface area contributed by atoms with Gasteiger partial charge in [-0.1, -0.05) is 55.5 Å². The van der Waals surface area contributed by atoms with Gasteiger partial charge in [0.15, 0.2) is 0 Å². The minimum absolute atomic E-state index is 0.269. The maximum absolute atomic E-state index is 6.14. The Labute approximate surface area is 119 Å². The number of benzene rings is 2. The van der Waals surface area contributed by atoms with Crippen molar-refractivity contribution in [3.63, 3.8) is 0 Å². The zero-order valence-corrected chi connectivity index (χ0v) is 11.9. The monoisotopic (exact) mass is 265 g/mol. The van der Waals surface area contributed by atoms with E-state index in [2.05, 4.69) is 60.8 Å². The van der Waals surface area contributed by atoms with Crippen molar-refractivity contribution in [3.8, 4) is 11.1 Å². The Morgan fingerprint density at radius 1 is 1.05 bits per heavy atom. The second kappa shape index (κ2) is 5.51. The Bertz CT molecular complexity index is 696. The number of hydrogen-bond donors (Lipinski definition) is 1. The molecule has 1 atom stereocenters. The van der Waals surface area contributed by atoms with Crippen molar-refractivity contribution in [1.82, 2.24) is 5.32 Å². The summed E-state index contributed by atoms with van der Waals surface area (Å²) in [4.78, 5) is 0. The lowest BCUT2D eigenvalue weighted by Crippen LogP contribution is -2.14. The number of hydrogen-bond acceptors (Lipinski definition) is 2. The van der Waals surface area contributed by atoms with E-state index in [4.69, 9.17) is 4.42 Å². The second-order valence-electron chi connectivity index (χ2n) is 4.99. The van der Waals surface area contributed by atoms with Gasteiger partial charge in [-0.2, -0.15) is 0 Å². The maximum atomic E-state index is 6.14. The molecule has 0 saturated carbocycles. The van der Waals surface area contributed by atoms with Gasteiger partial charge in [-0.3, -0.25) is 0 Å². The molecule has 2 nitrogen and oxygen atoms in total. The lowest BCUT2D eigenvalue weighted by Gasteiger charge is -2.09. The van der Waals surface area contributed by atoms with Crippen LogP contribution in [0.1, 0.15) is 25.1 Å². The fraction of sp³-hybridized carbons (Fsp3) is 0.222. The first kappa shape index (κ1) is 12.9. The van der Waals surface area contributed by atoms with Gasteiger partial charge in [0.25, 0.3) is 0 Å². The van der Waals surface area contributed by atoms with Gasteiger partial charge in [0.05, 0.1) is 6.04 Å². The summed E-state index contributed by atoms with van der Waals surface area (Å²) in [6, 6.07) is 19.1. The van der Waals surface area contributed by atoms with Crippen molar-refractivity contribution >= 4 is 11.0 Å². The molecule has 102 valence electrons. The standard InChI is InChI=1S/C18H19NO/c1-3-16(19-2)17-12-14-10-7-11-15(18(14)20-17)13-8-5-4-6-9-13/h4-12,16,19H,3H2,1-2H3. The van der Waals surface area contributed by atoms with Crippen LogP contribution in [0.2, 0.25) is 0 Å². The van der Waals surface area contributed by atoms with Crippen molar-refractivity contribution in [2.45, 2.75) is 19.4 Å². The summed E-state index contributed by atoms with van der Waals surface area (Å²) in [5, 5.41) is 4.46. The van der Waals surface area contributed by atoms with E-state index in [1.54, 1.807) is 0 Å². The van der Waals surface area contributed by atoms with Crippen LogP contribution in [0, 0.1) is 0 Å². The van der Waals surface area contributed by atoms with Gasteiger partial charge in [-0.05, 0) is 25.1 Å². The third-order valence-corrected chi connectivity index (χ3v) is 3.75. The Balaban J connectivity index is 2.15. The SMILES string of the molecule is CCC(NC)c1cc2cccc(-c3ccccc3)c2o1. The van der Waals surface area contributed by atoms with E-state index < -0.39 is 0 Å². The molecule has 3 rings (SSSR count). The summed E-state index contributed by atoms with van der Waals surface area (Å²) >= 11 is 0. The van der Waals surface area contributed by atoms with Crippen LogP contribution < -0.4 is 5.32 Å². The summed E-state index contributed by atoms with van der Waals surface area (Å²) < 4.78 is 6.14. The number of rotatable bonds is 4. The highest BCUT2D eigenvalue weighted by atomic mass is 16.3. The van der Waals surface area contributed by atoms with Gasteiger partial charge in [0.1, 0.15) is 11.3 Å². The highest BCUT2D eigenvalue weighted by Crippen LogP contribution is 2.33. The normalized spacial score (nSPS) is 12.7. The first-order valence-electron chi connectivity index (χ1n) is 7.08. The first-order chi connectivity index (χ1) is 9.83. The third kappa shape index (κ3) is 2.23. The maximum Gasteiger partial charge on any atom is 0.142 e. The minimum atomic E-state index is 0.269. The van der Waals surface area contributed by atoms with E-state index >= 15 is 0 Å². The van der Waals surface area contributed by atoms with E-state index in [-0.39, 0.29) is 6.04 Å². The fourth-order valence-electron chi connectivity index (χ4n) is 2.65. The topological polar surface area (TPSA) is 25.2 Å². The van der Waals surface area contributed by atoms with Gasteiger partial charge in [-0.25, -0.2) is 0 Å². The molecular formula is C18H19NO. The molecule has 0 amide bonds. The van der Waals surface area contributed by atoms with Gasteiger partial charge >= 0.3 is 0 Å². The molecule has 0 fully saturated rings. The fourth-order valence-corrected chi connectivity index (χ4v) is 2.65. The van der Waals surface area contributed by atoms with Crippen molar-refractivity contribution < 1.29 is 4.42 Å². The molecule has 20 heavy (non-hydrogen) atoms. The summed E-state index contributed by atoms with van der Waals surface area (Å²) in [7, 11) is 1.97. The van der Waals surface area contributed by atoms with Gasteiger partial charge in [-0.15, -0.1) is 0 Å². The highest BCUT2D eigenvalue weighted by Gasteiger charge is 2.14. The zero-order valence-electron chi connectivity index (χ0n) is 11.9. The molecule has 1 N–H and O–H groups in total. The smallest absolute Gasteiger partial charge is 0.142 e. The Hall–Kier alpha value is -2.06. The van der Waals surface area contributed by atoms with Crippen LogP contribution >= 0.6 is 0 Å². The van der Waals surface area contributed by atoms with Crippen molar-refractivity contribution in [2.75, 3.05) is 7.05 Å². The van der Waals surface area contributed by atoms with E-state index in [1.165, 1.54) is 5.56 Å². The van der Waals surface area contributed by atoms with Crippen LogP contribution in [0.3, 0.4) is 0 Å². The molecule has 1 heterocycles. The van der Waals surface area contributed by atoms with Crippen molar-refractivity contribution in [3.05, 3.63) is 60.4 Å². The molecular weight excluding hydrogens is 246 g/mol. The van der Waals surface area contributed by atoms with Crippen LogP contribution in [0.5, 0.6) is 0 Å². The van der Waals surface area contributed by atoms with Crippen molar-refractivity contribution in [1.29, 1.82) is 0 Å². The Morgan fingerprint density at radius 2 is 1.85 bits per heavy atom. The third-order valence-electron chi connectivity index (χ3n) is 3.75. The number of nitrogens with one attached hydrogen (secondary N) is 1. The molecule has 0 aliphatic rings. The van der Waals surface area contributed by atoms with Crippen LogP contribution in [0.25, 0.3) is 22.1 Å². The van der Waals surface area contributed by atoms with Crippen molar-refractivity contribution in [2.24, 2.45) is 0 Å². The average molecular weight is 265 g/mol. The highest BCUT2D eigenvalue weighted by molar-refractivity contribution is 5.92. The van der Waals surface area contributed by atoms with Gasteiger partial charge in [0.2, 0.25) is 0 Å². The van der Waals surface area contributed by atoms with Crippen LogP contribution in [-0.2, 0) is 0 Å². The molecule has 0 bridgehead atoms. The number of para-hydroxylation sites is 1. The molecule has 0 spiro atoms. The molecule has 0 aliphatic carbocycles. The molecule has 1 aromatic heterocycles. The second-order valence-corrected chi connectivity index (χ2v) is 4.99. The molecule has 1 unspecified atom stereocenters. The lowest BCUT2D eigenvalue weighted by molar-refractivity contribution is 0.445. The summed E-state index contributed by atoms with van der Waals surface area (Å²) in [5.74, 6) is 1.01. The van der Waals surface area contributed by atoms with Crippen LogP contribution in [0.15, 0.2) is 59.0 Å². The molecule has 0 radical (unpaired) electrons. The van der Waals surface area contributed by atoms with Crippen LogP contribution in [0.4, 0.5) is 0 Å².